The molecule has 0 aliphatic rings. The van der Waals surface area contributed by atoms with E-state index in [1.807, 2.05) is 42.6 Å². The first-order valence-corrected chi connectivity index (χ1v) is 8.64. The maximum atomic E-state index is 12.1. The second-order valence-corrected chi connectivity index (χ2v) is 6.72. The fraction of sp³-hybridized carbons (Fsp3) is 0.190. The number of pyridine rings is 1. The highest BCUT2D eigenvalue weighted by molar-refractivity contribution is 6.30. The predicted molar refractivity (Wildman–Crippen MR) is 103 cm³/mol. The molecule has 0 saturated heterocycles. The third-order valence-corrected chi connectivity index (χ3v) is 4.31. The van der Waals surface area contributed by atoms with Crippen LogP contribution in [0.25, 0.3) is 0 Å². The molecule has 1 heterocycles. The monoisotopic (exact) mass is 352 g/mol. The van der Waals surface area contributed by atoms with E-state index in [1.54, 1.807) is 10.6 Å². The van der Waals surface area contributed by atoms with Crippen molar-refractivity contribution in [3.05, 3.63) is 105 Å². The molecule has 1 aromatic heterocycles. The lowest BCUT2D eigenvalue weighted by Crippen LogP contribution is -2.22. The molecule has 0 radical (unpaired) electrons. The van der Waals surface area contributed by atoms with Crippen LogP contribution in [0.2, 0.25) is 5.02 Å². The Morgan fingerprint density at radius 3 is 2.20 bits per heavy atom. The third kappa shape index (κ3) is 5.05. The lowest BCUT2D eigenvalue weighted by molar-refractivity contribution is 0.318. The molecule has 4 heteroatoms. The molecular formula is C21H21ClN2O. The number of hydrogen-bond acceptors (Lipinski definition) is 2. The third-order valence-electron chi connectivity index (χ3n) is 4.06. The highest BCUT2D eigenvalue weighted by Gasteiger charge is 2.05. The van der Waals surface area contributed by atoms with Crippen molar-refractivity contribution in [2.45, 2.75) is 19.6 Å². The van der Waals surface area contributed by atoms with Crippen molar-refractivity contribution < 1.29 is 0 Å². The molecule has 3 aromatic rings. The smallest absolute Gasteiger partial charge is 0.250 e. The molecule has 0 spiro atoms. The van der Waals surface area contributed by atoms with Gasteiger partial charge in [-0.3, -0.25) is 9.69 Å². The van der Waals surface area contributed by atoms with Crippen molar-refractivity contribution in [1.29, 1.82) is 0 Å². The van der Waals surface area contributed by atoms with E-state index < -0.39 is 0 Å². The zero-order chi connectivity index (χ0) is 17.6. The average Bonchev–Trinajstić information content (AvgIpc) is 2.60. The summed E-state index contributed by atoms with van der Waals surface area (Å²) in [5, 5.41) is 0.701. The van der Waals surface area contributed by atoms with E-state index in [-0.39, 0.29) is 5.56 Å². The van der Waals surface area contributed by atoms with Gasteiger partial charge in [0, 0.05) is 30.4 Å². The zero-order valence-corrected chi connectivity index (χ0v) is 15.0. The van der Waals surface area contributed by atoms with E-state index in [2.05, 4.69) is 36.2 Å². The van der Waals surface area contributed by atoms with Gasteiger partial charge in [0.25, 0.3) is 5.56 Å². The minimum atomic E-state index is 0.00409. The van der Waals surface area contributed by atoms with Crippen LogP contribution in [0.15, 0.2) is 77.7 Å². The van der Waals surface area contributed by atoms with Crippen molar-refractivity contribution in [3.8, 4) is 0 Å². The SMILES string of the molecule is CN(Cc1ccccc1)Cc1ccc(=O)n(Cc2ccc(Cl)cc2)c1. The Bertz CT molecular complexity index is 872. The summed E-state index contributed by atoms with van der Waals surface area (Å²) in [7, 11) is 2.08. The summed E-state index contributed by atoms with van der Waals surface area (Å²) in [6.07, 6.45) is 1.94. The van der Waals surface area contributed by atoms with Gasteiger partial charge in [0.15, 0.2) is 0 Å². The van der Waals surface area contributed by atoms with Gasteiger partial charge in [-0.2, -0.15) is 0 Å². The molecule has 0 bridgehead atoms. The quantitative estimate of drug-likeness (QED) is 0.665. The molecule has 0 atom stereocenters. The Morgan fingerprint density at radius 2 is 1.48 bits per heavy atom. The average molecular weight is 353 g/mol. The Hall–Kier alpha value is -2.36. The normalized spacial score (nSPS) is 11.0. The number of hydrogen-bond donors (Lipinski definition) is 0. The minimum absolute atomic E-state index is 0.00409. The van der Waals surface area contributed by atoms with Crippen LogP contribution in [0.3, 0.4) is 0 Å². The molecule has 3 rings (SSSR count). The number of benzene rings is 2. The molecule has 0 aliphatic carbocycles. The number of halogens is 1. The lowest BCUT2D eigenvalue weighted by atomic mass is 10.2. The Balaban J connectivity index is 1.70. The maximum Gasteiger partial charge on any atom is 0.250 e. The summed E-state index contributed by atoms with van der Waals surface area (Å²) in [6, 6.07) is 21.5. The van der Waals surface area contributed by atoms with Crippen LogP contribution >= 0.6 is 11.6 Å². The van der Waals surface area contributed by atoms with Gasteiger partial charge in [-0.25, -0.2) is 0 Å². The zero-order valence-electron chi connectivity index (χ0n) is 14.2. The molecule has 0 aliphatic heterocycles. The summed E-state index contributed by atoms with van der Waals surface area (Å²) in [5.74, 6) is 0. The summed E-state index contributed by atoms with van der Waals surface area (Å²) in [6.45, 7) is 2.21. The molecule has 0 fully saturated rings. The van der Waals surface area contributed by atoms with Crippen molar-refractivity contribution in [1.82, 2.24) is 9.47 Å². The minimum Gasteiger partial charge on any atom is -0.311 e. The molecule has 128 valence electrons. The number of nitrogens with zero attached hydrogens (tertiary/aromatic N) is 2. The maximum absolute atomic E-state index is 12.1. The van der Waals surface area contributed by atoms with Gasteiger partial charge in [-0.1, -0.05) is 60.1 Å². The van der Waals surface area contributed by atoms with E-state index >= 15 is 0 Å². The van der Waals surface area contributed by atoms with Crippen LogP contribution in [-0.4, -0.2) is 16.5 Å². The number of rotatable bonds is 6. The summed E-state index contributed by atoms with van der Waals surface area (Å²) < 4.78 is 1.74. The van der Waals surface area contributed by atoms with Crippen LogP contribution < -0.4 is 5.56 Å². The molecule has 0 N–H and O–H groups in total. The van der Waals surface area contributed by atoms with Crippen molar-refractivity contribution in [3.63, 3.8) is 0 Å². The van der Waals surface area contributed by atoms with Crippen LogP contribution in [0.5, 0.6) is 0 Å². The van der Waals surface area contributed by atoms with Crippen molar-refractivity contribution in [2.24, 2.45) is 0 Å². The first-order chi connectivity index (χ1) is 12.1. The summed E-state index contributed by atoms with van der Waals surface area (Å²) in [4.78, 5) is 14.4. The van der Waals surface area contributed by atoms with E-state index in [9.17, 15) is 4.79 Å². The highest BCUT2D eigenvalue weighted by Crippen LogP contribution is 2.11. The topological polar surface area (TPSA) is 25.2 Å². The van der Waals surface area contributed by atoms with Crippen LogP contribution in [-0.2, 0) is 19.6 Å². The van der Waals surface area contributed by atoms with Gasteiger partial charge in [-0.15, -0.1) is 0 Å². The molecule has 0 saturated carbocycles. The van der Waals surface area contributed by atoms with Crippen LogP contribution in [0.4, 0.5) is 0 Å². The second-order valence-electron chi connectivity index (χ2n) is 6.29. The molecule has 0 unspecified atom stereocenters. The molecule has 2 aromatic carbocycles. The molecular weight excluding hydrogens is 332 g/mol. The molecule has 25 heavy (non-hydrogen) atoms. The van der Waals surface area contributed by atoms with Crippen LogP contribution in [0, 0.1) is 0 Å². The standard InChI is InChI=1S/C21H21ClN2O/c1-23(13-17-5-3-2-4-6-17)14-19-9-12-21(25)24(16-19)15-18-7-10-20(22)11-8-18/h2-12,16H,13-15H2,1H3. The summed E-state index contributed by atoms with van der Waals surface area (Å²) in [5.41, 5.74) is 3.46. The fourth-order valence-corrected chi connectivity index (χ4v) is 2.97. The van der Waals surface area contributed by atoms with Gasteiger partial charge in [0.2, 0.25) is 0 Å². The Labute approximate surface area is 153 Å². The highest BCUT2D eigenvalue weighted by atomic mass is 35.5. The van der Waals surface area contributed by atoms with Gasteiger partial charge in [0.05, 0.1) is 6.54 Å². The first-order valence-electron chi connectivity index (χ1n) is 8.26. The second kappa shape index (κ2) is 8.15. The molecule has 3 nitrogen and oxygen atoms in total. The van der Waals surface area contributed by atoms with Crippen molar-refractivity contribution in [2.75, 3.05) is 7.05 Å². The van der Waals surface area contributed by atoms with E-state index in [4.69, 9.17) is 11.6 Å². The largest absolute Gasteiger partial charge is 0.311 e. The summed E-state index contributed by atoms with van der Waals surface area (Å²) >= 11 is 5.92. The number of aromatic nitrogens is 1. The van der Waals surface area contributed by atoms with Gasteiger partial charge < -0.3 is 4.57 Å². The predicted octanol–water partition coefficient (Wildman–Crippen LogP) is 4.18. The van der Waals surface area contributed by atoms with Gasteiger partial charge >= 0.3 is 0 Å². The van der Waals surface area contributed by atoms with Gasteiger partial charge in [-0.05, 0) is 35.9 Å². The Morgan fingerprint density at radius 1 is 0.840 bits per heavy atom. The van der Waals surface area contributed by atoms with E-state index in [0.717, 1.165) is 24.2 Å². The van der Waals surface area contributed by atoms with E-state index in [1.165, 1.54) is 5.56 Å². The van der Waals surface area contributed by atoms with Crippen LogP contribution in [0.1, 0.15) is 16.7 Å². The van der Waals surface area contributed by atoms with Gasteiger partial charge in [0.1, 0.15) is 0 Å². The Kier molecular flexibility index (Phi) is 5.69. The lowest BCUT2D eigenvalue weighted by Gasteiger charge is -2.17. The van der Waals surface area contributed by atoms with Crippen molar-refractivity contribution >= 4 is 11.6 Å². The molecule has 0 amide bonds. The van der Waals surface area contributed by atoms with E-state index in [0.29, 0.717) is 11.6 Å². The fourth-order valence-electron chi connectivity index (χ4n) is 2.85. The first kappa shape index (κ1) is 17.5.